The van der Waals surface area contributed by atoms with Crippen LogP contribution in [0.1, 0.15) is 19.3 Å². The zero-order valence-corrected chi connectivity index (χ0v) is 9.67. The van der Waals surface area contributed by atoms with E-state index in [1.165, 1.54) is 6.42 Å². The first-order chi connectivity index (χ1) is 8.33. The first-order valence-electron chi connectivity index (χ1n) is 6.10. The molecule has 17 heavy (non-hydrogen) atoms. The van der Waals surface area contributed by atoms with E-state index >= 15 is 0 Å². The maximum atomic E-state index is 6.00. The molecule has 2 atom stereocenters. The van der Waals surface area contributed by atoms with Gasteiger partial charge in [-0.15, -0.1) is 0 Å². The molecule has 2 aromatic rings. The molecule has 0 radical (unpaired) electrons. The average molecular weight is 228 g/mol. The number of ether oxygens (including phenoxy) is 1. The Labute approximate surface area is 101 Å². The van der Waals surface area contributed by atoms with Crippen molar-refractivity contribution in [3.05, 3.63) is 36.5 Å². The van der Waals surface area contributed by atoms with Crippen molar-refractivity contribution in [2.24, 2.45) is 5.73 Å². The number of nitrogens with zero attached hydrogens (tertiary/aromatic N) is 1. The van der Waals surface area contributed by atoms with Gasteiger partial charge >= 0.3 is 0 Å². The van der Waals surface area contributed by atoms with Crippen molar-refractivity contribution in [3.8, 4) is 5.75 Å². The van der Waals surface area contributed by atoms with Crippen molar-refractivity contribution in [1.29, 1.82) is 0 Å². The van der Waals surface area contributed by atoms with Crippen molar-refractivity contribution in [2.45, 2.75) is 31.4 Å². The molecule has 1 aromatic heterocycles. The molecular weight excluding hydrogens is 212 g/mol. The molecule has 1 aliphatic rings. The Morgan fingerprint density at radius 2 is 2.18 bits per heavy atom. The van der Waals surface area contributed by atoms with E-state index in [4.69, 9.17) is 10.5 Å². The van der Waals surface area contributed by atoms with E-state index in [1.807, 2.05) is 30.3 Å². The number of pyridine rings is 1. The van der Waals surface area contributed by atoms with Crippen LogP contribution >= 0.6 is 0 Å². The number of hydrogen-bond acceptors (Lipinski definition) is 3. The van der Waals surface area contributed by atoms with E-state index in [0.717, 1.165) is 29.5 Å². The number of nitrogens with two attached hydrogens (primary N) is 1. The number of rotatable bonds is 2. The number of hydrogen-bond donors (Lipinski definition) is 1. The third kappa shape index (κ3) is 2.11. The quantitative estimate of drug-likeness (QED) is 0.859. The van der Waals surface area contributed by atoms with Crippen molar-refractivity contribution >= 4 is 10.9 Å². The second kappa shape index (κ2) is 4.34. The van der Waals surface area contributed by atoms with E-state index < -0.39 is 0 Å². The van der Waals surface area contributed by atoms with E-state index in [9.17, 15) is 0 Å². The fraction of sp³-hybridized carbons (Fsp3) is 0.357. The van der Waals surface area contributed by atoms with E-state index in [1.54, 1.807) is 6.20 Å². The first-order valence-corrected chi connectivity index (χ1v) is 6.10. The lowest BCUT2D eigenvalue weighted by molar-refractivity contribution is 0.192. The molecule has 3 rings (SSSR count). The molecule has 0 spiro atoms. The summed E-state index contributed by atoms with van der Waals surface area (Å²) in [6.07, 6.45) is 5.27. The molecule has 2 N–H and O–H groups in total. The Bertz CT molecular complexity index is 526. The largest absolute Gasteiger partial charge is 0.489 e. The van der Waals surface area contributed by atoms with Crippen LogP contribution in [0.15, 0.2) is 36.5 Å². The molecule has 0 saturated heterocycles. The number of fused-ring (bicyclic) bond motifs is 1. The van der Waals surface area contributed by atoms with Gasteiger partial charge in [-0.1, -0.05) is 6.07 Å². The molecule has 0 aliphatic heterocycles. The second-order valence-corrected chi connectivity index (χ2v) is 4.61. The molecule has 1 aromatic carbocycles. The summed E-state index contributed by atoms with van der Waals surface area (Å²) in [7, 11) is 0. The fourth-order valence-electron chi connectivity index (χ4n) is 2.40. The van der Waals surface area contributed by atoms with Crippen LogP contribution in [0.2, 0.25) is 0 Å². The highest BCUT2D eigenvalue weighted by Gasteiger charge is 2.25. The van der Waals surface area contributed by atoms with Crippen LogP contribution in [-0.4, -0.2) is 17.1 Å². The number of benzene rings is 1. The topological polar surface area (TPSA) is 48.1 Å². The molecular formula is C14H16N2O. The van der Waals surface area contributed by atoms with Gasteiger partial charge in [-0.2, -0.15) is 0 Å². The van der Waals surface area contributed by atoms with Crippen LogP contribution in [0.5, 0.6) is 5.75 Å². The van der Waals surface area contributed by atoms with Gasteiger partial charge in [0.2, 0.25) is 0 Å². The third-order valence-corrected chi connectivity index (χ3v) is 3.37. The molecule has 0 bridgehead atoms. The Morgan fingerprint density at radius 1 is 1.24 bits per heavy atom. The summed E-state index contributed by atoms with van der Waals surface area (Å²) in [5.74, 6) is 0.896. The van der Waals surface area contributed by atoms with Crippen molar-refractivity contribution in [2.75, 3.05) is 0 Å². The zero-order chi connectivity index (χ0) is 11.7. The van der Waals surface area contributed by atoms with Gasteiger partial charge in [0, 0.05) is 17.6 Å². The predicted molar refractivity (Wildman–Crippen MR) is 68.0 cm³/mol. The second-order valence-electron chi connectivity index (χ2n) is 4.61. The van der Waals surface area contributed by atoms with Crippen LogP contribution in [0.4, 0.5) is 0 Å². The predicted octanol–water partition coefficient (Wildman–Crippen LogP) is 2.49. The Hall–Kier alpha value is -1.61. The maximum absolute atomic E-state index is 6.00. The van der Waals surface area contributed by atoms with Gasteiger partial charge in [0.05, 0.1) is 5.52 Å². The normalized spacial score (nSPS) is 24.1. The zero-order valence-electron chi connectivity index (χ0n) is 9.67. The van der Waals surface area contributed by atoms with Gasteiger partial charge < -0.3 is 10.5 Å². The molecule has 88 valence electrons. The molecule has 2 unspecified atom stereocenters. The average Bonchev–Trinajstić information content (AvgIpc) is 2.75. The minimum Gasteiger partial charge on any atom is -0.489 e. The summed E-state index contributed by atoms with van der Waals surface area (Å²) in [5, 5.41) is 1.11. The summed E-state index contributed by atoms with van der Waals surface area (Å²) in [6.45, 7) is 0. The molecule has 1 fully saturated rings. The smallest absolute Gasteiger partial charge is 0.120 e. The summed E-state index contributed by atoms with van der Waals surface area (Å²) < 4.78 is 5.94. The van der Waals surface area contributed by atoms with E-state index in [2.05, 4.69) is 4.98 Å². The highest BCUT2D eigenvalue weighted by Crippen LogP contribution is 2.25. The van der Waals surface area contributed by atoms with Crippen LogP contribution < -0.4 is 10.5 Å². The Kier molecular flexibility index (Phi) is 2.69. The fourth-order valence-corrected chi connectivity index (χ4v) is 2.40. The lowest BCUT2D eigenvalue weighted by Gasteiger charge is -2.18. The van der Waals surface area contributed by atoms with Gasteiger partial charge in [-0.3, -0.25) is 4.98 Å². The van der Waals surface area contributed by atoms with Gasteiger partial charge in [-0.25, -0.2) is 0 Å². The lowest BCUT2D eigenvalue weighted by atomic mass is 10.2. The van der Waals surface area contributed by atoms with Crippen LogP contribution in [0.25, 0.3) is 10.9 Å². The van der Waals surface area contributed by atoms with Gasteiger partial charge in [0.1, 0.15) is 11.9 Å². The highest BCUT2D eigenvalue weighted by molar-refractivity contribution is 5.79. The van der Waals surface area contributed by atoms with Crippen LogP contribution in [0, 0.1) is 0 Å². The first kappa shape index (κ1) is 10.5. The summed E-state index contributed by atoms with van der Waals surface area (Å²) in [4.78, 5) is 4.29. The minimum absolute atomic E-state index is 0.170. The van der Waals surface area contributed by atoms with Gasteiger partial charge in [0.25, 0.3) is 0 Å². The monoisotopic (exact) mass is 228 g/mol. The Morgan fingerprint density at radius 3 is 3.00 bits per heavy atom. The maximum Gasteiger partial charge on any atom is 0.120 e. The standard InChI is InChI=1S/C14H16N2O/c15-12-4-1-5-14(12)17-11-6-7-13-10(9-11)3-2-8-16-13/h2-3,6-9,12,14H,1,4-5,15H2. The SMILES string of the molecule is NC1CCCC1Oc1ccc2ncccc2c1. The minimum atomic E-state index is 0.170. The van der Waals surface area contributed by atoms with Gasteiger partial charge in [0.15, 0.2) is 0 Å². The lowest BCUT2D eigenvalue weighted by Crippen LogP contribution is -2.33. The van der Waals surface area contributed by atoms with E-state index in [0.29, 0.717) is 0 Å². The van der Waals surface area contributed by atoms with Crippen LogP contribution in [-0.2, 0) is 0 Å². The van der Waals surface area contributed by atoms with Gasteiger partial charge in [-0.05, 0) is 43.5 Å². The summed E-state index contributed by atoms with van der Waals surface area (Å²) >= 11 is 0. The molecule has 1 aliphatic carbocycles. The molecule has 0 amide bonds. The van der Waals surface area contributed by atoms with E-state index in [-0.39, 0.29) is 12.1 Å². The summed E-state index contributed by atoms with van der Waals surface area (Å²) in [5.41, 5.74) is 7.00. The van der Waals surface area contributed by atoms with Crippen molar-refractivity contribution in [3.63, 3.8) is 0 Å². The molecule has 3 heteroatoms. The Balaban J connectivity index is 1.85. The summed E-state index contributed by atoms with van der Waals surface area (Å²) in [6, 6.07) is 10.2. The highest BCUT2D eigenvalue weighted by atomic mass is 16.5. The van der Waals surface area contributed by atoms with Crippen molar-refractivity contribution < 1.29 is 4.74 Å². The number of aromatic nitrogens is 1. The van der Waals surface area contributed by atoms with Crippen LogP contribution in [0.3, 0.4) is 0 Å². The molecule has 1 heterocycles. The molecule has 3 nitrogen and oxygen atoms in total. The third-order valence-electron chi connectivity index (χ3n) is 3.37. The molecule has 1 saturated carbocycles. The van der Waals surface area contributed by atoms with Crippen molar-refractivity contribution in [1.82, 2.24) is 4.98 Å².